The van der Waals surface area contributed by atoms with E-state index in [2.05, 4.69) is 16.0 Å². The van der Waals surface area contributed by atoms with Gasteiger partial charge in [-0.2, -0.15) is 0 Å². The quantitative estimate of drug-likeness (QED) is 0.314. The van der Waals surface area contributed by atoms with Gasteiger partial charge in [-0.15, -0.1) is 0 Å². The average Bonchev–Trinajstić information content (AvgIpc) is 3.49. The Labute approximate surface area is 255 Å². The van der Waals surface area contributed by atoms with Crippen LogP contribution in [0.25, 0.3) is 0 Å². The molecule has 2 aliphatic rings. The van der Waals surface area contributed by atoms with Gasteiger partial charge in [0, 0.05) is 48.2 Å². The second kappa shape index (κ2) is 13.6. The summed E-state index contributed by atoms with van der Waals surface area (Å²) in [5, 5.41) is 18.4. The van der Waals surface area contributed by atoms with Gasteiger partial charge in [0.15, 0.2) is 11.5 Å². The zero-order valence-corrected chi connectivity index (χ0v) is 24.9. The normalized spacial score (nSPS) is 18.1. The summed E-state index contributed by atoms with van der Waals surface area (Å²) in [6.07, 6.45) is -0.490. The largest absolute Gasteiger partial charge is 0.488 e. The Kier molecular flexibility index (Phi) is 9.39. The summed E-state index contributed by atoms with van der Waals surface area (Å²) in [5.74, 6) is 1.28. The third kappa shape index (κ3) is 7.32. The van der Waals surface area contributed by atoms with Crippen molar-refractivity contribution >= 4 is 35.0 Å². The van der Waals surface area contributed by atoms with E-state index >= 15 is 0 Å². The van der Waals surface area contributed by atoms with Gasteiger partial charge in [0.05, 0.1) is 25.6 Å². The van der Waals surface area contributed by atoms with Gasteiger partial charge in [0.2, 0.25) is 12.7 Å². The number of benzene rings is 3. The molecule has 2 aliphatic heterocycles. The predicted molar refractivity (Wildman–Crippen MR) is 165 cm³/mol. The number of aliphatic hydroxyl groups is 1. The highest BCUT2D eigenvalue weighted by atomic mass is 16.7. The predicted octanol–water partition coefficient (Wildman–Crippen LogP) is 4.37. The molecular weight excluding hydrogens is 566 g/mol. The van der Waals surface area contributed by atoms with Crippen LogP contribution in [0.3, 0.4) is 0 Å². The molecule has 3 aromatic carbocycles. The van der Waals surface area contributed by atoms with Crippen LogP contribution in [0, 0.1) is 5.92 Å². The number of carbonyl (C=O) groups excluding carboxylic acids is 3. The highest BCUT2D eigenvalue weighted by Gasteiger charge is 2.32. The topological polar surface area (TPSA) is 142 Å². The number of carbonyl (C=O) groups is 3. The Morgan fingerprint density at radius 1 is 0.955 bits per heavy atom. The molecule has 0 radical (unpaired) electrons. The first-order valence-electron chi connectivity index (χ1n) is 14.4. The summed E-state index contributed by atoms with van der Waals surface area (Å²) in [5.41, 5.74) is 2.27. The Balaban J connectivity index is 1.34. The Morgan fingerprint density at radius 2 is 1.64 bits per heavy atom. The molecule has 0 unspecified atom stereocenters. The first kappa shape index (κ1) is 30.5. The monoisotopic (exact) mass is 603 g/mol. The minimum Gasteiger partial charge on any atom is -0.488 e. The van der Waals surface area contributed by atoms with Gasteiger partial charge in [0.1, 0.15) is 11.9 Å². The first-order chi connectivity index (χ1) is 21.2. The number of fused-ring (bicyclic) bond motifs is 2. The summed E-state index contributed by atoms with van der Waals surface area (Å²) in [4.78, 5) is 42.4. The second-order valence-corrected chi connectivity index (χ2v) is 11.0. The Morgan fingerprint density at radius 3 is 2.39 bits per heavy atom. The summed E-state index contributed by atoms with van der Waals surface area (Å²) in [6, 6.07) is 18.2. The van der Waals surface area contributed by atoms with Crippen molar-refractivity contribution in [3.05, 3.63) is 72.3 Å². The van der Waals surface area contributed by atoms with Crippen molar-refractivity contribution in [2.24, 2.45) is 5.92 Å². The molecule has 0 aromatic heterocycles. The van der Waals surface area contributed by atoms with E-state index in [1.807, 2.05) is 25.1 Å². The number of anilines is 3. The molecule has 232 valence electrons. The molecule has 0 fully saturated rings. The molecule has 5 amide bonds. The maximum absolute atomic E-state index is 13.5. The molecule has 3 aromatic rings. The molecule has 0 bridgehead atoms. The fourth-order valence-electron chi connectivity index (χ4n) is 5.09. The zero-order chi connectivity index (χ0) is 31.2. The van der Waals surface area contributed by atoms with Crippen molar-refractivity contribution in [3.8, 4) is 17.2 Å². The van der Waals surface area contributed by atoms with E-state index in [0.29, 0.717) is 46.4 Å². The van der Waals surface area contributed by atoms with E-state index in [4.69, 9.17) is 14.2 Å². The van der Waals surface area contributed by atoms with Gasteiger partial charge < -0.3 is 45.1 Å². The van der Waals surface area contributed by atoms with Crippen molar-refractivity contribution in [3.63, 3.8) is 0 Å². The zero-order valence-electron chi connectivity index (χ0n) is 24.9. The molecule has 0 aliphatic carbocycles. The number of rotatable bonds is 7. The Bertz CT molecular complexity index is 1500. The minimum absolute atomic E-state index is 0.00930. The SMILES string of the molecule is C[C@@H]1CN([C@@H](C)CO)C(=O)Cc2cc(NC(=O)Nc3ccccc3)ccc2O[C@H]1CN(C)C(=O)Nc1ccc2c(c1)OCO2. The number of hydrogen-bond acceptors (Lipinski definition) is 7. The fourth-order valence-corrected chi connectivity index (χ4v) is 5.09. The van der Waals surface area contributed by atoms with E-state index in [1.54, 1.807) is 67.4 Å². The average molecular weight is 604 g/mol. The Hall–Kier alpha value is -4.97. The summed E-state index contributed by atoms with van der Waals surface area (Å²) in [6.45, 7) is 4.21. The number of hydrogen-bond donors (Lipinski definition) is 4. The van der Waals surface area contributed by atoms with E-state index in [-0.39, 0.29) is 44.2 Å². The fraction of sp³-hybridized carbons (Fsp3) is 0.344. The van der Waals surface area contributed by atoms with Crippen LogP contribution >= 0.6 is 0 Å². The smallest absolute Gasteiger partial charge is 0.323 e. The van der Waals surface area contributed by atoms with Crippen molar-refractivity contribution in [1.29, 1.82) is 0 Å². The summed E-state index contributed by atoms with van der Waals surface area (Å²) >= 11 is 0. The van der Waals surface area contributed by atoms with Crippen molar-refractivity contribution in [1.82, 2.24) is 9.80 Å². The molecule has 12 heteroatoms. The third-order valence-corrected chi connectivity index (χ3v) is 7.63. The van der Waals surface area contributed by atoms with Gasteiger partial charge in [-0.05, 0) is 49.4 Å². The number of amides is 5. The number of aliphatic hydroxyl groups excluding tert-OH is 1. The standard InChI is InChI=1S/C32H37N5O7/c1-20-16-37(21(2)18-38)30(39)14-22-13-24(34-31(40)33-23-7-5-4-6-8-23)9-11-26(22)44-29(20)17-36(3)32(41)35-25-10-12-27-28(15-25)43-19-42-27/h4-13,15,20-21,29,38H,14,16-19H2,1-3H3,(H,35,41)(H2,33,34,40)/t20-,21+,29+/m1/s1. The number of urea groups is 2. The minimum atomic E-state index is -0.499. The van der Waals surface area contributed by atoms with Crippen LogP contribution in [0.1, 0.15) is 19.4 Å². The molecule has 4 N–H and O–H groups in total. The van der Waals surface area contributed by atoms with Crippen molar-refractivity contribution in [2.45, 2.75) is 32.4 Å². The van der Waals surface area contributed by atoms with Crippen LogP contribution in [0.5, 0.6) is 17.2 Å². The highest BCUT2D eigenvalue weighted by molar-refractivity contribution is 6.00. The van der Waals surface area contributed by atoms with Gasteiger partial charge in [-0.3, -0.25) is 4.79 Å². The lowest BCUT2D eigenvalue weighted by molar-refractivity contribution is -0.134. The number of nitrogens with one attached hydrogen (secondary N) is 3. The molecular formula is C32H37N5O7. The second-order valence-electron chi connectivity index (χ2n) is 11.0. The van der Waals surface area contributed by atoms with Crippen LogP contribution < -0.4 is 30.2 Å². The molecule has 3 atom stereocenters. The van der Waals surface area contributed by atoms with Crippen LogP contribution in [-0.4, -0.2) is 78.6 Å². The number of para-hydroxylation sites is 1. The summed E-state index contributed by atoms with van der Waals surface area (Å²) < 4.78 is 17.2. The number of likely N-dealkylation sites (N-methyl/N-ethyl adjacent to an activating group) is 1. The molecule has 0 spiro atoms. The van der Waals surface area contributed by atoms with Crippen LogP contribution in [0.4, 0.5) is 26.7 Å². The van der Waals surface area contributed by atoms with Crippen molar-refractivity contribution in [2.75, 3.05) is 49.5 Å². The van der Waals surface area contributed by atoms with Crippen LogP contribution in [-0.2, 0) is 11.2 Å². The molecule has 0 saturated heterocycles. The van der Waals surface area contributed by atoms with E-state index in [9.17, 15) is 19.5 Å². The lowest BCUT2D eigenvalue weighted by atomic mass is 10.0. The lowest BCUT2D eigenvalue weighted by Gasteiger charge is -2.34. The van der Waals surface area contributed by atoms with E-state index in [1.165, 1.54) is 4.90 Å². The first-order valence-corrected chi connectivity index (χ1v) is 14.4. The number of ether oxygens (including phenoxy) is 3. The van der Waals surface area contributed by atoms with Gasteiger partial charge in [-0.1, -0.05) is 25.1 Å². The lowest BCUT2D eigenvalue weighted by Crippen LogP contribution is -2.48. The maximum atomic E-state index is 13.5. The van der Waals surface area contributed by atoms with Crippen molar-refractivity contribution < 1.29 is 33.7 Å². The molecule has 0 saturated carbocycles. The van der Waals surface area contributed by atoms with E-state index < -0.39 is 18.2 Å². The maximum Gasteiger partial charge on any atom is 0.323 e. The summed E-state index contributed by atoms with van der Waals surface area (Å²) in [7, 11) is 1.67. The number of nitrogens with zero attached hydrogens (tertiary/aromatic N) is 2. The third-order valence-electron chi connectivity index (χ3n) is 7.63. The van der Waals surface area contributed by atoms with Gasteiger partial charge in [0.25, 0.3) is 0 Å². The molecule has 2 heterocycles. The van der Waals surface area contributed by atoms with Crippen LogP contribution in [0.2, 0.25) is 0 Å². The highest BCUT2D eigenvalue weighted by Crippen LogP contribution is 2.34. The molecule has 44 heavy (non-hydrogen) atoms. The molecule has 12 nitrogen and oxygen atoms in total. The molecule has 5 rings (SSSR count). The van der Waals surface area contributed by atoms with Crippen LogP contribution in [0.15, 0.2) is 66.7 Å². The van der Waals surface area contributed by atoms with Gasteiger partial charge in [-0.25, -0.2) is 9.59 Å². The van der Waals surface area contributed by atoms with E-state index in [0.717, 1.165) is 0 Å². The van der Waals surface area contributed by atoms with Gasteiger partial charge >= 0.3 is 12.1 Å².